The van der Waals surface area contributed by atoms with Crippen LogP contribution in [0.3, 0.4) is 0 Å². The van der Waals surface area contributed by atoms with Crippen LogP contribution in [-0.2, 0) is 0 Å². The minimum atomic E-state index is -1.29. The van der Waals surface area contributed by atoms with E-state index in [1.807, 2.05) is 0 Å². The van der Waals surface area contributed by atoms with E-state index < -0.39 is 24.1 Å². The lowest BCUT2D eigenvalue weighted by Gasteiger charge is -2.22. The first-order valence-electron chi connectivity index (χ1n) is 4.98. The Morgan fingerprint density at radius 2 is 2.12 bits per heavy atom. The maximum Gasteiger partial charge on any atom is 0.405 e. The topological polar surface area (TPSA) is 69.6 Å². The fourth-order valence-corrected chi connectivity index (χ4v) is 1.48. The number of carbonyl (C=O) groups is 1. The molecule has 0 spiro atoms. The van der Waals surface area contributed by atoms with Gasteiger partial charge >= 0.3 is 6.09 Å². The Hall–Kier alpha value is -1.62. The highest BCUT2D eigenvalue weighted by atomic mass is 19.1. The average molecular weight is 227 g/mol. The van der Waals surface area contributed by atoms with Gasteiger partial charge in [0.2, 0.25) is 0 Å². The number of nitrogens with one attached hydrogen (secondary N) is 1. The van der Waals surface area contributed by atoms with Crippen LogP contribution in [0.25, 0.3) is 0 Å². The highest BCUT2D eigenvalue weighted by Crippen LogP contribution is 2.21. The van der Waals surface area contributed by atoms with Gasteiger partial charge in [0.05, 0.1) is 12.1 Å². The minimum absolute atomic E-state index is 0.152. The molecule has 2 atom stereocenters. The van der Waals surface area contributed by atoms with Crippen molar-refractivity contribution < 1.29 is 19.4 Å². The summed E-state index contributed by atoms with van der Waals surface area (Å²) in [6.07, 6.45) is -1.91. The van der Waals surface area contributed by atoms with Gasteiger partial charge in [-0.1, -0.05) is 25.1 Å². The Morgan fingerprint density at radius 1 is 1.50 bits per heavy atom. The van der Waals surface area contributed by atoms with Crippen molar-refractivity contribution in [2.75, 3.05) is 0 Å². The summed E-state index contributed by atoms with van der Waals surface area (Å²) in [6.45, 7) is 1.70. The largest absolute Gasteiger partial charge is 0.465 e. The second-order valence-corrected chi connectivity index (χ2v) is 3.42. The lowest BCUT2D eigenvalue weighted by molar-refractivity contribution is 0.115. The van der Waals surface area contributed by atoms with Gasteiger partial charge in [0, 0.05) is 5.56 Å². The molecule has 0 saturated heterocycles. The maximum absolute atomic E-state index is 13.4. The van der Waals surface area contributed by atoms with Crippen LogP contribution in [0.15, 0.2) is 24.3 Å². The van der Waals surface area contributed by atoms with Crippen molar-refractivity contribution in [3.05, 3.63) is 35.6 Å². The van der Waals surface area contributed by atoms with Crippen LogP contribution < -0.4 is 5.32 Å². The van der Waals surface area contributed by atoms with E-state index in [-0.39, 0.29) is 5.56 Å². The molecule has 1 rings (SSSR count). The van der Waals surface area contributed by atoms with Crippen molar-refractivity contribution in [2.24, 2.45) is 0 Å². The van der Waals surface area contributed by atoms with Crippen molar-refractivity contribution in [1.82, 2.24) is 5.32 Å². The van der Waals surface area contributed by atoms with E-state index >= 15 is 0 Å². The monoisotopic (exact) mass is 227 g/mol. The molecule has 0 fully saturated rings. The highest BCUT2D eigenvalue weighted by molar-refractivity contribution is 5.65. The minimum Gasteiger partial charge on any atom is -0.465 e. The Balaban J connectivity index is 3.01. The number of amides is 1. The van der Waals surface area contributed by atoms with Gasteiger partial charge in [-0.05, 0) is 12.5 Å². The first kappa shape index (κ1) is 12.4. The first-order chi connectivity index (χ1) is 7.56. The molecule has 0 aliphatic heterocycles. The number of hydrogen-bond donors (Lipinski definition) is 3. The predicted octanol–water partition coefficient (Wildman–Crippen LogP) is 1.91. The van der Waals surface area contributed by atoms with Crippen LogP contribution >= 0.6 is 0 Å². The van der Waals surface area contributed by atoms with Crippen LogP contribution in [0.2, 0.25) is 0 Å². The molecule has 0 heterocycles. The second-order valence-electron chi connectivity index (χ2n) is 3.42. The molecule has 0 aliphatic carbocycles. The van der Waals surface area contributed by atoms with Gasteiger partial charge in [0.1, 0.15) is 5.82 Å². The van der Waals surface area contributed by atoms with Crippen LogP contribution in [0, 0.1) is 5.82 Å². The van der Waals surface area contributed by atoms with Crippen molar-refractivity contribution in [3.63, 3.8) is 0 Å². The van der Waals surface area contributed by atoms with E-state index in [0.29, 0.717) is 6.42 Å². The molecule has 0 saturated carbocycles. The van der Waals surface area contributed by atoms with E-state index in [1.165, 1.54) is 18.2 Å². The van der Waals surface area contributed by atoms with Crippen LogP contribution in [0.1, 0.15) is 24.9 Å². The molecule has 5 heteroatoms. The maximum atomic E-state index is 13.4. The van der Waals surface area contributed by atoms with Gasteiger partial charge in [-0.25, -0.2) is 9.18 Å². The number of benzene rings is 1. The number of carboxylic acid groups (broad SMARTS) is 1. The van der Waals surface area contributed by atoms with Gasteiger partial charge < -0.3 is 15.5 Å². The molecule has 1 aromatic rings. The summed E-state index contributed by atoms with van der Waals surface area (Å²) in [5, 5.41) is 20.4. The number of aliphatic hydroxyl groups excluding tert-OH is 1. The van der Waals surface area contributed by atoms with Crippen LogP contribution in [0.4, 0.5) is 9.18 Å². The fourth-order valence-electron chi connectivity index (χ4n) is 1.48. The molecular formula is C11H14FNO3. The third-order valence-electron chi connectivity index (χ3n) is 2.32. The van der Waals surface area contributed by atoms with E-state index in [2.05, 4.69) is 5.32 Å². The Kier molecular flexibility index (Phi) is 4.25. The highest BCUT2D eigenvalue weighted by Gasteiger charge is 2.23. The number of hydrogen-bond acceptors (Lipinski definition) is 2. The number of rotatable bonds is 4. The van der Waals surface area contributed by atoms with E-state index in [1.54, 1.807) is 13.0 Å². The molecule has 16 heavy (non-hydrogen) atoms. The van der Waals surface area contributed by atoms with E-state index in [0.717, 1.165) is 0 Å². The smallest absolute Gasteiger partial charge is 0.405 e. The number of aliphatic hydroxyl groups is 1. The van der Waals surface area contributed by atoms with Gasteiger partial charge in [-0.2, -0.15) is 0 Å². The molecule has 0 aromatic heterocycles. The zero-order chi connectivity index (χ0) is 12.1. The van der Waals surface area contributed by atoms with Crippen LogP contribution in [0.5, 0.6) is 0 Å². The first-order valence-corrected chi connectivity index (χ1v) is 4.98. The molecule has 0 radical (unpaired) electrons. The zero-order valence-electron chi connectivity index (χ0n) is 8.85. The Morgan fingerprint density at radius 3 is 2.62 bits per heavy atom. The molecule has 0 aliphatic rings. The standard InChI is InChI=1S/C11H14FNO3/c1-2-9(14)10(13-11(15)16)7-5-3-4-6-8(7)12/h3-6,9-10,13-14H,2H2,1H3,(H,15,16). The summed E-state index contributed by atoms with van der Waals surface area (Å²) in [4.78, 5) is 10.6. The second kappa shape index (κ2) is 5.46. The van der Waals surface area contributed by atoms with E-state index in [9.17, 15) is 14.3 Å². The Bertz CT molecular complexity index is 370. The third-order valence-corrected chi connectivity index (χ3v) is 2.32. The predicted molar refractivity (Wildman–Crippen MR) is 56.6 cm³/mol. The molecule has 4 nitrogen and oxygen atoms in total. The van der Waals surface area contributed by atoms with Gasteiger partial charge in [-0.3, -0.25) is 0 Å². The average Bonchev–Trinajstić information content (AvgIpc) is 2.26. The van der Waals surface area contributed by atoms with Gasteiger partial charge in [-0.15, -0.1) is 0 Å². The third kappa shape index (κ3) is 2.93. The summed E-state index contributed by atoms with van der Waals surface area (Å²) in [5.41, 5.74) is 0.152. The van der Waals surface area contributed by atoms with E-state index in [4.69, 9.17) is 5.11 Å². The molecule has 3 N–H and O–H groups in total. The molecule has 0 bridgehead atoms. The SMILES string of the molecule is CCC(O)C(NC(=O)O)c1ccccc1F. The summed E-state index contributed by atoms with van der Waals surface area (Å²) in [6, 6.07) is 4.85. The lowest BCUT2D eigenvalue weighted by atomic mass is 9.99. The van der Waals surface area contributed by atoms with Crippen molar-refractivity contribution >= 4 is 6.09 Å². The van der Waals surface area contributed by atoms with Gasteiger partial charge in [0.15, 0.2) is 0 Å². The normalized spacial score (nSPS) is 14.2. The molecule has 88 valence electrons. The fraction of sp³-hybridized carbons (Fsp3) is 0.364. The Labute approximate surface area is 92.7 Å². The quantitative estimate of drug-likeness (QED) is 0.735. The summed E-state index contributed by atoms with van der Waals surface area (Å²) >= 11 is 0. The molecule has 2 unspecified atom stereocenters. The van der Waals surface area contributed by atoms with Crippen molar-refractivity contribution in [1.29, 1.82) is 0 Å². The number of halogens is 1. The molecule has 1 aromatic carbocycles. The van der Waals surface area contributed by atoms with Gasteiger partial charge in [0.25, 0.3) is 0 Å². The zero-order valence-corrected chi connectivity index (χ0v) is 8.85. The molecule has 1 amide bonds. The van der Waals surface area contributed by atoms with Crippen molar-refractivity contribution in [3.8, 4) is 0 Å². The van der Waals surface area contributed by atoms with Crippen molar-refractivity contribution in [2.45, 2.75) is 25.5 Å². The summed E-state index contributed by atoms with van der Waals surface area (Å²) in [7, 11) is 0. The lowest BCUT2D eigenvalue weighted by Crippen LogP contribution is -2.35. The summed E-state index contributed by atoms with van der Waals surface area (Å²) in [5.74, 6) is -0.534. The molecular weight excluding hydrogens is 213 g/mol. The summed E-state index contributed by atoms with van der Waals surface area (Å²) < 4.78 is 13.4. The van der Waals surface area contributed by atoms with Crippen LogP contribution in [-0.4, -0.2) is 22.4 Å².